The summed E-state index contributed by atoms with van der Waals surface area (Å²) in [6, 6.07) is 0. The Labute approximate surface area is 159 Å². The number of ether oxygens (including phenoxy) is 2. The molecule has 6 atom stereocenters. The molecule has 0 heterocycles. The van der Waals surface area contributed by atoms with Gasteiger partial charge in [0.05, 0.1) is 25.0 Å². The standard InChI is InChI=1S/C22H38O4/c1-14-6-8-17(4)19(10-14)21(23)25-12-16(3)13-26-22(24)20-11-15(2)7-9-18(20)5/h14-20H,6-13H2,1-5H3. The normalized spacial score (nSPS) is 36.2. The summed E-state index contributed by atoms with van der Waals surface area (Å²) in [6.07, 6.45) is 6.48. The summed E-state index contributed by atoms with van der Waals surface area (Å²) in [4.78, 5) is 24.8. The Morgan fingerprint density at radius 3 is 1.54 bits per heavy atom. The summed E-state index contributed by atoms with van der Waals surface area (Å²) in [7, 11) is 0. The molecule has 0 amide bonds. The Balaban J connectivity index is 1.70. The molecule has 6 unspecified atom stereocenters. The Bertz CT molecular complexity index is 433. The van der Waals surface area contributed by atoms with Crippen molar-refractivity contribution in [3.8, 4) is 0 Å². The van der Waals surface area contributed by atoms with Crippen LogP contribution in [0.5, 0.6) is 0 Å². The van der Waals surface area contributed by atoms with Gasteiger partial charge in [-0.1, -0.05) is 47.5 Å². The van der Waals surface area contributed by atoms with E-state index in [0.717, 1.165) is 25.7 Å². The Kier molecular flexibility index (Phi) is 7.97. The highest BCUT2D eigenvalue weighted by Gasteiger charge is 2.33. The maximum absolute atomic E-state index is 12.4. The van der Waals surface area contributed by atoms with Crippen molar-refractivity contribution in [2.24, 2.45) is 41.4 Å². The minimum Gasteiger partial charge on any atom is -0.465 e. The molecule has 4 nitrogen and oxygen atoms in total. The molecule has 0 aliphatic heterocycles. The van der Waals surface area contributed by atoms with Crippen LogP contribution in [0, 0.1) is 41.4 Å². The number of hydrogen-bond acceptors (Lipinski definition) is 4. The highest BCUT2D eigenvalue weighted by atomic mass is 16.5. The van der Waals surface area contributed by atoms with Crippen LogP contribution in [0.4, 0.5) is 0 Å². The lowest BCUT2D eigenvalue weighted by atomic mass is 9.75. The molecular formula is C22H38O4. The first-order valence-corrected chi connectivity index (χ1v) is 10.6. The van der Waals surface area contributed by atoms with Crippen LogP contribution < -0.4 is 0 Å². The minimum atomic E-state index is -0.0723. The van der Waals surface area contributed by atoms with E-state index < -0.39 is 0 Å². The molecule has 0 aromatic carbocycles. The van der Waals surface area contributed by atoms with Crippen LogP contribution >= 0.6 is 0 Å². The first kappa shape index (κ1) is 21.2. The molecule has 2 saturated carbocycles. The summed E-state index contributed by atoms with van der Waals surface area (Å²) in [5, 5.41) is 0. The molecule has 0 spiro atoms. The van der Waals surface area contributed by atoms with Gasteiger partial charge in [-0.2, -0.15) is 0 Å². The molecule has 2 aliphatic rings. The maximum Gasteiger partial charge on any atom is 0.309 e. The Morgan fingerprint density at radius 1 is 0.769 bits per heavy atom. The predicted molar refractivity (Wildman–Crippen MR) is 102 cm³/mol. The van der Waals surface area contributed by atoms with Crippen LogP contribution in [-0.4, -0.2) is 25.2 Å². The van der Waals surface area contributed by atoms with Crippen molar-refractivity contribution in [2.45, 2.75) is 73.1 Å². The van der Waals surface area contributed by atoms with Gasteiger partial charge in [-0.15, -0.1) is 0 Å². The van der Waals surface area contributed by atoms with Crippen molar-refractivity contribution in [1.82, 2.24) is 0 Å². The van der Waals surface area contributed by atoms with Crippen molar-refractivity contribution in [3.05, 3.63) is 0 Å². The second kappa shape index (κ2) is 9.75. The topological polar surface area (TPSA) is 52.6 Å². The molecular weight excluding hydrogens is 328 g/mol. The summed E-state index contributed by atoms with van der Waals surface area (Å²) in [5.41, 5.74) is 0. The molecule has 0 aromatic rings. The fourth-order valence-electron chi connectivity index (χ4n) is 4.43. The Hall–Kier alpha value is -1.06. The molecule has 2 aliphatic carbocycles. The summed E-state index contributed by atoms with van der Waals surface area (Å²) >= 11 is 0. The lowest BCUT2D eigenvalue weighted by Gasteiger charge is -2.31. The highest BCUT2D eigenvalue weighted by Crippen LogP contribution is 2.35. The van der Waals surface area contributed by atoms with Crippen LogP contribution in [0.3, 0.4) is 0 Å². The first-order valence-electron chi connectivity index (χ1n) is 10.6. The number of hydrogen-bond donors (Lipinski definition) is 0. The third-order valence-corrected chi connectivity index (χ3v) is 6.54. The van der Waals surface area contributed by atoms with Gasteiger partial charge in [-0.3, -0.25) is 9.59 Å². The van der Waals surface area contributed by atoms with E-state index in [1.807, 2.05) is 6.92 Å². The third-order valence-electron chi connectivity index (χ3n) is 6.54. The van der Waals surface area contributed by atoms with Gasteiger partial charge >= 0.3 is 11.9 Å². The predicted octanol–water partition coefficient (Wildman–Crippen LogP) is 4.85. The fourth-order valence-corrected chi connectivity index (χ4v) is 4.43. The van der Waals surface area contributed by atoms with Crippen LogP contribution in [0.1, 0.15) is 73.1 Å². The summed E-state index contributed by atoms with van der Waals surface area (Å²) in [6.45, 7) is 11.4. The number of carbonyl (C=O) groups excluding carboxylic acids is 2. The molecule has 4 heteroatoms. The van der Waals surface area contributed by atoms with E-state index in [0.29, 0.717) is 36.9 Å². The van der Waals surface area contributed by atoms with E-state index >= 15 is 0 Å². The summed E-state index contributed by atoms with van der Waals surface area (Å²) in [5.74, 6) is 1.95. The second-order valence-electron chi connectivity index (χ2n) is 9.37. The van der Waals surface area contributed by atoms with Crippen LogP contribution in [0.15, 0.2) is 0 Å². The zero-order valence-corrected chi connectivity index (χ0v) is 17.3. The lowest BCUT2D eigenvalue weighted by Crippen LogP contribution is -2.33. The molecule has 0 saturated heterocycles. The average molecular weight is 367 g/mol. The first-order chi connectivity index (χ1) is 12.3. The van der Waals surface area contributed by atoms with E-state index in [4.69, 9.17) is 9.47 Å². The monoisotopic (exact) mass is 366 g/mol. The molecule has 0 aromatic heterocycles. The van der Waals surface area contributed by atoms with E-state index in [-0.39, 0.29) is 29.7 Å². The van der Waals surface area contributed by atoms with E-state index in [1.165, 1.54) is 12.8 Å². The van der Waals surface area contributed by atoms with Gasteiger partial charge in [-0.25, -0.2) is 0 Å². The number of esters is 2. The van der Waals surface area contributed by atoms with Gasteiger partial charge in [0.15, 0.2) is 0 Å². The van der Waals surface area contributed by atoms with Gasteiger partial charge in [0.25, 0.3) is 0 Å². The van der Waals surface area contributed by atoms with Gasteiger partial charge in [0.2, 0.25) is 0 Å². The van der Waals surface area contributed by atoms with Gasteiger partial charge in [-0.05, 0) is 49.4 Å². The van der Waals surface area contributed by atoms with Crippen molar-refractivity contribution in [3.63, 3.8) is 0 Å². The fraction of sp³-hybridized carbons (Fsp3) is 0.909. The lowest BCUT2D eigenvalue weighted by molar-refractivity contribution is -0.157. The Morgan fingerprint density at radius 2 is 1.15 bits per heavy atom. The largest absolute Gasteiger partial charge is 0.465 e. The maximum atomic E-state index is 12.4. The highest BCUT2D eigenvalue weighted by molar-refractivity contribution is 5.73. The smallest absolute Gasteiger partial charge is 0.309 e. The van der Waals surface area contributed by atoms with Gasteiger partial charge < -0.3 is 9.47 Å². The minimum absolute atomic E-state index is 0.0260. The zero-order chi connectivity index (χ0) is 19.3. The summed E-state index contributed by atoms with van der Waals surface area (Å²) < 4.78 is 11.1. The third kappa shape index (κ3) is 5.99. The molecule has 2 fully saturated rings. The molecule has 0 N–H and O–H groups in total. The molecule has 150 valence electrons. The van der Waals surface area contributed by atoms with Crippen molar-refractivity contribution in [1.29, 1.82) is 0 Å². The van der Waals surface area contributed by atoms with Gasteiger partial charge in [0.1, 0.15) is 0 Å². The van der Waals surface area contributed by atoms with Gasteiger partial charge in [0, 0.05) is 5.92 Å². The molecule has 2 rings (SSSR count). The van der Waals surface area contributed by atoms with Crippen molar-refractivity contribution < 1.29 is 19.1 Å². The molecule has 0 bridgehead atoms. The SMILES string of the molecule is CC(COC(=O)C1CC(C)CCC1C)COC(=O)C1CC(C)CCC1C. The molecule has 26 heavy (non-hydrogen) atoms. The van der Waals surface area contributed by atoms with Crippen LogP contribution in [0.25, 0.3) is 0 Å². The van der Waals surface area contributed by atoms with Crippen LogP contribution in [0.2, 0.25) is 0 Å². The number of carbonyl (C=O) groups is 2. The second-order valence-corrected chi connectivity index (χ2v) is 9.37. The number of rotatable bonds is 6. The average Bonchev–Trinajstić information content (AvgIpc) is 2.61. The molecule has 0 radical (unpaired) electrons. The van der Waals surface area contributed by atoms with E-state index in [1.54, 1.807) is 0 Å². The van der Waals surface area contributed by atoms with Crippen LogP contribution in [-0.2, 0) is 19.1 Å². The van der Waals surface area contributed by atoms with Crippen molar-refractivity contribution >= 4 is 11.9 Å². The van der Waals surface area contributed by atoms with Crippen molar-refractivity contribution in [2.75, 3.05) is 13.2 Å². The van der Waals surface area contributed by atoms with E-state index in [9.17, 15) is 9.59 Å². The quantitative estimate of drug-likeness (QED) is 0.630. The van der Waals surface area contributed by atoms with E-state index in [2.05, 4.69) is 27.7 Å². The zero-order valence-electron chi connectivity index (χ0n) is 17.3.